The number of nitrogens with two attached hydrogens (primary N) is 1. The number of hydrogen-bond donors (Lipinski definition) is 2. The summed E-state index contributed by atoms with van der Waals surface area (Å²) in [4.78, 5) is 25.3. The van der Waals surface area contributed by atoms with E-state index in [1.54, 1.807) is 7.11 Å². The van der Waals surface area contributed by atoms with Crippen LogP contribution in [0.5, 0.6) is 0 Å². The van der Waals surface area contributed by atoms with Crippen molar-refractivity contribution in [3.05, 3.63) is 50.9 Å². The van der Waals surface area contributed by atoms with Gasteiger partial charge in [-0.05, 0) is 24.7 Å². The first-order chi connectivity index (χ1) is 9.52. The van der Waals surface area contributed by atoms with E-state index in [9.17, 15) is 9.59 Å². The predicted molar refractivity (Wildman–Crippen MR) is 76.7 cm³/mol. The molecule has 0 aliphatic heterocycles. The van der Waals surface area contributed by atoms with Gasteiger partial charge in [-0.2, -0.15) is 0 Å². The number of hydrogen-bond acceptors (Lipinski definition) is 4. The maximum Gasteiger partial charge on any atom is 0.251 e. The number of allylic oxidation sites excluding steroid dienone is 4. The van der Waals surface area contributed by atoms with Gasteiger partial charge in [-0.1, -0.05) is 12.2 Å². The summed E-state index contributed by atoms with van der Waals surface area (Å²) in [5.41, 5.74) is 5.55. The van der Waals surface area contributed by atoms with Crippen molar-refractivity contribution in [1.29, 1.82) is 0 Å². The summed E-state index contributed by atoms with van der Waals surface area (Å²) in [6, 6.07) is 1.43. The Morgan fingerprint density at radius 2 is 2.40 bits per heavy atom. The molecular formula is C13H15N3O3S. The third-order valence-corrected chi connectivity index (χ3v) is 3.41. The Kier molecular flexibility index (Phi) is 4.19. The lowest BCUT2D eigenvalue weighted by Gasteiger charge is -2.23. The van der Waals surface area contributed by atoms with Gasteiger partial charge in [-0.15, -0.1) is 0 Å². The Balaban J connectivity index is 2.58. The highest BCUT2D eigenvalue weighted by Gasteiger charge is 2.22. The standard InChI is InChI=1S/C13H15N3O3S/c1-19-10-5-3-2-4-8(10)9-6-12(18)15-13(20)16(9)7-11(14)17/h2-3,5-6,8H,4,7H2,1H3,(H2,14,17)(H,15,18,20)/t8-/m1/s1. The second kappa shape index (κ2) is 5.87. The fraction of sp³-hybridized carbons (Fsp3) is 0.308. The van der Waals surface area contributed by atoms with Crippen LogP contribution in [0.1, 0.15) is 18.0 Å². The Labute approximate surface area is 120 Å². The van der Waals surface area contributed by atoms with E-state index in [-0.39, 0.29) is 22.8 Å². The molecule has 1 heterocycles. The van der Waals surface area contributed by atoms with Gasteiger partial charge in [0.05, 0.1) is 13.0 Å². The Morgan fingerprint density at radius 3 is 3.05 bits per heavy atom. The summed E-state index contributed by atoms with van der Waals surface area (Å²) in [6.45, 7) is -0.0812. The van der Waals surface area contributed by atoms with E-state index in [0.29, 0.717) is 17.9 Å². The van der Waals surface area contributed by atoms with E-state index in [4.69, 9.17) is 22.7 Å². The molecule has 6 nitrogen and oxygen atoms in total. The molecule has 2 rings (SSSR count). The molecule has 0 fully saturated rings. The average Bonchev–Trinajstić information content (AvgIpc) is 2.41. The fourth-order valence-electron chi connectivity index (χ4n) is 2.23. The first-order valence-corrected chi connectivity index (χ1v) is 6.47. The van der Waals surface area contributed by atoms with E-state index in [1.165, 1.54) is 10.6 Å². The molecule has 106 valence electrons. The summed E-state index contributed by atoms with van der Waals surface area (Å²) in [5, 5.41) is 0. The molecular weight excluding hydrogens is 278 g/mol. The number of nitrogens with zero attached hydrogens (tertiary/aromatic N) is 1. The lowest BCUT2D eigenvalue weighted by molar-refractivity contribution is -0.118. The van der Waals surface area contributed by atoms with Crippen LogP contribution in [0.2, 0.25) is 0 Å². The molecule has 0 radical (unpaired) electrons. The molecule has 1 amide bonds. The SMILES string of the molecule is COC1=CC=CC[C@@H]1c1cc(=O)[nH]c(=S)n1CC(N)=O. The summed E-state index contributed by atoms with van der Waals surface area (Å²) < 4.78 is 7.05. The van der Waals surface area contributed by atoms with Crippen LogP contribution in [0, 0.1) is 4.77 Å². The quantitative estimate of drug-likeness (QED) is 0.809. The van der Waals surface area contributed by atoms with Gasteiger partial charge in [-0.25, -0.2) is 0 Å². The van der Waals surface area contributed by atoms with Crippen molar-refractivity contribution < 1.29 is 9.53 Å². The number of amides is 1. The minimum atomic E-state index is -0.524. The molecule has 1 aromatic rings. The smallest absolute Gasteiger partial charge is 0.251 e. The van der Waals surface area contributed by atoms with Crippen LogP contribution < -0.4 is 11.3 Å². The maximum atomic E-state index is 11.7. The number of ether oxygens (including phenoxy) is 1. The average molecular weight is 293 g/mol. The zero-order valence-corrected chi connectivity index (χ0v) is 11.8. The molecule has 0 saturated carbocycles. The highest BCUT2D eigenvalue weighted by Crippen LogP contribution is 2.30. The van der Waals surface area contributed by atoms with Crippen LogP contribution in [0.4, 0.5) is 0 Å². The molecule has 0 bridgehead atoms. The Bertz CT molecular complexity index is 700. The summed E-state index contributed by atoms with van der Waals surface area (Å²) in [6.07, 6.45) is 6.34. The van der Waals surface area contributed by atoms with Gasteiger partial charge in [0, 0.05) is 11.8 Å². The molecule has 1 atom stereocenters. The van der Waals surface area contributed by atoms with Gasteiger partial charge >= 0.3 is 0 Å². The third kappa shape index (κ3) is 2.88. The lowest BCUT2D eigenvalue weighted by atomic mass is 9.94. The van der Waals surface area contributed by atoms with Crippen molar-refractivity contribution in [2.24, 2.45) is 5.73 Å². The number of nitrogens with one attached hydrogen (secondary N) is 1. The van der Waals surface area contributed by atoms with Gasteiger partial charge in [0.25, 0.3) is 5.56 Å². The van der Waals surface area contributed by atoms with Crippen LogP contribution in [-0.4, -0.2) is 22.6 Å². The molecule has 1 aromatic heterocycles. The van der Waals surface area contributed by atoms with Crippen molar-refractivity contribution in [2.45, 2.75) is 18.9 Å². The molecule has 3 N–H and O–H groups in total. The molecule has 20 heavy (non-hydrogen) atoms. The number of primary amides is 1. The number of carbonyl (C=O) groups excluding carboxylic acids is 1. The number of methoxy groups -OCH3 is 1. The Morgan fingerprint density at radius 1 is 1.65 bits per heavy atom. The highest BCUT2D eigenvalue weighted by atomic mass is 32.1. The first-order valence-electron chi connectivity index (χ1n) is 6.06. The van der Waals surface area contributed by atoms with E-state index >= 15 is 0 Å². The van der Waals surface area contributed by atoms with Crippen LogP contribution in [0.3, 0.4) is 0 Å². The van der Waals surface area contributed by atoms with Crippen molar-refractivity contribution in [3.63, 3.8) is 0 Å². The minimum Gasteiger partial charge on any atom is -0.500 e. The van der Waals surface area contributed by atoms with E-state index in [0.717, 1.165) is 0 Å². The van der Waals surface area contributed by atoms with Crippen molar-refractivity contribution in [3.8, 4) is 0 Å². The van der Waals surface area contributed by atoms with Crippen LogP contribution in [0.15, 0.2) is 34.8 Å². The molecule has 0 unspecified atom stereocenters. The van der Waals surface area contributed by atoms with Crippen LogP contribution in [-0.2, 0) is 16.1 Å². The maximum absolute atomic E-state index is 11.7. The summed E-state index contributed by atoms with van der Waals surface area (Å²) in [7, 11) is 1.57. The number of H-pyrrole nitrogens is 1. The van der Waals surface area contributed by atoms with Crippen LogP contribution >= 0.6 is 12.2 Å². The van der Waals surface area contributed by atoms with Gasteiger partial charge in [0.15, 0.2) is 4.77 Å². The summed E-state index contributed by atoms with van der Waals surface area (Å²) >= 11 is 5.11. The monoisotopic (exact) mass is 293 g/mol. The zero-order valence-electron chi connectivity index (χ0n) is 11.0. The van der Waals surface area contributed by atoms with Gasteiger partial charge in [0.1, 0.15) is 12.3 Å². The molecule has 1 aliphatic rings. The van der Waals surface area contributed by atoms with E-state index < -0.39 is 5.91 Å². The van der Waals surface area contributed by atoms with Gasteiger partial charge in [-0.3, -0.25) is 14.6 Å². The van der Waals surface area contributed by atoms with Crippen molar-refractivity contribution in [1.82, 2.24) is 9.55 Å². The second-order valence-electron chi connectivity index (χ2n) is 4.41. The fourth-order valence-corrected chi connectivity index (χ4v) is 2.50. The third-order valence-electron chi connectivity index (χ3n) is 3.08. The van der Waals surface area contributed by atoms with E-state index in [1.807, 2.05) is 18.2 Å². The Hall–Kier alpha value is -2.15. The number of rotatable bonds is 4. The number of carbonyl (C=O) groups is 1. The van der Waals surface area contributed by atoms with Crippen molar-refractivity contribution in [2.75, 3.05) is 7.11 Å². The molecule has 0 aromatic carbocycles. The molecule has 0 spiro atoms. The highest BCUT2D eigenvalue weighted by molar-refractivity contribution is 7.71. The van der Waals surface area contributed by atoms with E-state index in [2.05, 4.69) is 4.98 Å². The number of aromatic amines is 1. The van der Waals surface area contributed by atoms with Crippen molar-refractivity contribution >= 4 is 18.1 Å². The van der Waals surface area contributed by atoms with Crippen LogP contribution in [0.25, 0.3) is 0 Å². The topological polar surface area (TPSA) is 90.1 Å². The van der Waals surface area contributed by atoms with Gasteiger partial charge in [0.2, 0.25) is 5.91 Å². The second-order valence-corrected chi connectivity index (χ2v) is 4.79. The largest absolute Gasteiger partial charge is 0.500 e. The summed E-state index contributed by atoms with van der Waals surface area (Å²) in [5.74, 6) is 0.0303. The molecule has 1 aliphatic carbocycles. The lowest BCUT2D eigenvalue weighted by Crippen LogP contribution is -2.27. The van der Waals surface area contributed by atoms with Gasteiger partial charge < -0.3 is 15.0 Å². The predicted octanol–water partition coefficient (Wildman–Crippen LogP) is 0.965. The molecule has 0 saturated heterocycles. The zero-order chi connectivity index (χ0) is 14.7. The minimum absolute atomic E-state index is 0.0812. The molecule has 7 heteroatoms. The normalized spacial score (nSPS) is 17.6. The first kappa shape index (κ1) is 14.3. The number of aromatic nitrogens is 2.